The van der Waals surface area contributed by atoms with Crippen LogP contribution >= 0.6 is 11.6 Å². The highest BCUT2D eigenvalue weighted by atomic mass is 35.5. The Morgan fingerprint density at radius 1 is 1.07 bits per heavy atom. The number of nitrogens with zero attached hydrogens (tertiary/aromatic N) is 2. The van der Waals surface area contributed by atoms with Crippen LogP contribution in [0.5, 0.6) is 5.75 Å². The van der Waals surface area contributed by atoms with Crippen molar-refractivity contribution in [3.8, 4) is 5.75 Å². The molecule has 1 fully saturated rings. The third-order valence-electron chi connectivity index (χ3n) is 5.59. The Kier molecular flexibility index (Phi) is 6.60. The molecule has 3 aromatic rings. The molecule has 0 unspecified atom stereocenters. The van der Waals surface area contributed by atoms with E-state index in [1.165, 1.54) is 16.6 Å². The highest BCUT2D eigenvalue weighted by Gasteiger charge is 2.17. The number of hydrogen-bond donors (Lipinski definition) is 2. The van der Waals surface area contributed by atoms with Crippen LogP contribution in [0.4, 0.5) is 5.69 Å². The van der Waals surface area contributed by atoms with E-state index in [0.717, 1.165) is 68.5 Å². The van der Waals surface area contributed by atoms with Crippen LogP contribution < -0.4 is 15.4 Å². The van der Waals surface area contributed by atoms with Gasteiger partial charge >= 0.3 is 0 Å². The predicted molar refractivity (Wildman–Crippen MR) is 121 cm³/mol. The van der Waals surface area contributed by atoms with Crippen molar-refractivity contribution >= 4 is 28.2 Å². The first-order valence-electron chi connectivity index (χ1n) is 10.4. The van der Waals surface area contributed by atoms with Gasteiger partial charge in [0.05, 0.1) is 6.61 Å². The van der Waals surface area contributed by atoms with Gasteiger partial charge in [-0.15, -0.1) is 0 Å². The summed E-state index contributed by atoms with van der Waals surface area (Å²) in [6.07, 6.45) is 3.95. The molecule has 29 heavy (non-hydrogen) atoms. The minimum absolute atomic E-state index is 0.655. The number of aromatic amines is 1. The van der Waals surface area contributed by atoms with Gasteiger partial charge in [-0.1, -0.05) is 17.7 Å². The minimum atomic E-state index is 0.655. The van der Waals surface area contributed by atoms with Gasteiger partial charge in [0, 0.05) is 60.5 Å². The lowest BCUT2D eigenvalue weighted by Gasteiger charge is -2.36. The number of aromatic nitrogens is 1. The maximum atomic E-state index is 6.12. The zero-order valence-electron chi connectivity index (χ0n) is 16.7. The van der Waals surface area contributed by atoms with E-state index in [9.17, 15) is 0 Å². The Bertz CT molecular complexity index is 934. The standard InChI is InChI=1S/C23H29ClN4O/c24-19-3-1-4-20(15-19)28-12-10-27(11-13-28)9-2-14-29-21-5-6-23-22(16-21)18(7-8-25)17-26-23/h1,3-6,15-17,26H,2,7-14,25H2. The molecule has 1 aliphatic heterocycles. The largest absolute Gasteiger partial charge is 0.494 e. The van der Waals surface area contributed by atoms with Crippen molar-refractivity contribution in [3.05, 3.63) is 59.2 Å². The maximum absolute atomic E-state index is 6.12. The topological polar surface area (TPSA) is 57.5 Å². The molecule has 0 spiro atoms. The van der Waals surface area contributed by atoms with Crippen molar-refractivity contribution in [2.45, 2.75) is 12.8 Å². The van der Waals surface area contributed by atoms with E-state index in [2.05, 4.69) is 33.0 Å². The molecule has 0 atom stereocenters. The molecule has 4 rings (SSSR count). The van der Waals surface area contributed by atoms with Crippen molar-refractivity contribution in [1.82, 2.24) is 9.88 Å². The number of nitrogens with two attached hydrogens (primary N) is 1. The molecule has 0 aliphatic carbocycles. The van der Waals surface area contributed by atoms with Gasteiger partial charge in [-0.05, 0) is 61.3 Å². The molecule has 5 nitrogen and oxygen atoms in total. The second-order valence-corrected chi connectivity index (χ2v) is 8.01. The molecule has 0 saturated carbocycles. The number of piperazine rings is 1. The first kappa shape index (κ1) is 20.1. The highest BCUT2D eigenvalue weighted by molar-refractivity contribution is 6.30. The summed E-state index contributed by atoms with van der Waals surface area (Å²) in [5.41, 5.74) is 9.32. The van der Waals surface area contributed by atoms with Crippen molar-refractivity contribution in [3.63, 3.8) is 0 Å². The zero-order chi connectivity index (χ0) is 20.1. The number of anilines is 1. The normalized spacial score (nSPS) is 15.2. The monoisotopic (exact) mass is 412 g/mol. The number of ether oxygens (including phenoxy) is 1. The van der Waals surface area contributed by atoms with Crippen molar-refractivity contribution < 1.29 is 4.74 Å². The van der Waals surface area contributed by atoms with Crippen LogP contribution in [-0.4, -0.2) is 55.8 Å². The third kappa shape index (κ3) is 5.04. The lowest BCUT2D eigenvalue weighted by Crippen LogP contribution is -2.46. The highest BCUT2D eigenvalue weighted by Crippen LogP contribution is 2.24. The van der Waals surface area contributed by atoms with Gasteiger partial charge in [0.1, 0.15) is 5.75 Å². The molecule has 0 radical (unpaired) electrons. The SMILES string of the molecule is NCCc1c[nH]c2ccc(OCCCN3CCN(c4cccc(Cl)c4)CC3)cc12. The van der Waals surface area contributed by atoms with E-state index in [4.69, 9.17) is 22.1 Å². The number of benzene rings is 2. The Balaban J connectivity index is 1.21. The predicted octanol–water partition coefficient (Wildman–Crippen LogP) is 3.91. The molecule has 3 N–H and O–H groups in total. The summed E-state index contributed by atoms with van der Waals surface area (Å²) >= 11 is 6.12. The quantitative estimate of drug-likeness (QED) is 0.551. The average molecular weight is 413 g/mol. The Labute approximate surface area is 177 Å². The maximum Gasteiger partial charge on any atom is 0.120 e. The van der Waals surface area contributed by atoms with Crippen molar-refractivity contribution in [2.75, 3.05) is 50.8 Å². The van der Waals surface area contributed by atoms with Gasteiger partial charge in [0.25, 0.3) is 0 Å². The molecular weight excluding hydrogens is 384 g/mol. The molecule has 2 aromatic carbocycles. The van der Waals surface area contributed by atoms with Crippen molar-refractivity contribution in [1.29, 1.82) is 0 Å². The van der Waals surface area contributed by atoms with Crippen LogP contribution in [0.2, 0.25) is 5.02 Å². The third-order valence-corrected chi connectivity index (χ3v) is 5.82. The van der Waals surface area contributed by atoms with E-state index in [1.54, 1.807) is 0 Å². The zero-order valence-corrected chi connectivity index (χ0v) is 17.5. The second-order valence-electron chi connectivity index (χ2n) is 7.57. The van der Waals surface area contributed by atoms with Gasteiger partial charge in [-0.25, -0.2) is 0 Å². The Hall–Kier alpha value is -2.21. The van der Waals surface area contributed by atoms with E-state index < -0.39 is 0 Å². The second kappa shape index (κ2) is 9.53. The fraction of sp³-hybridized carbons (Fsp3) is 0.391. The molecule has 1 aliphatic rings. The van der Waals surface area contributed by atoms with E-state index in [1.807, 2.05) is 30.5 Å². The summed E-state index contributed by atoms with van der Waals surface area (Å²) in [6.45, 7) is 6.67. The van der Waals surface area contributed by atoms with Crippen LogP contribution in [-0.2, 0) is 6.42 Å². The van der Waals surface area contributed by atoms with Gasteiger partial charge < -0.3 is 20.4 Å². The van der Waals surface area contributed by atoms with Crippen molar-refractivity contribution in [2.24, 2.45) is 5.73 Å². The molecule has 1 aromatic heterocycles. The molecular formula is C23H29ClN4O. The van der Waals surface area contributed by atoms with Crippen LogP contribution in [0.3, 0.4) is 0 Å². The summed E-state index contributed by atoms with van der Waals surface area (Å²) in [5.74, 6) is 0.932. The average Bonchev–Trinajstić information content (AvgIpc) is 3.14. The van der Waals surface area contributed by atoms with Crippen LogP contribution in [0.1, 0.15) is 12.0 Å². The lowest BCUT2D eigenvalue weighted by atomic mass is 10.1. The molecule has 154 valence electrons. The number of rotatable bonds is 8. The summed E-state index contributed by atoms with van der Waals surface area (Å²) < 4.78 is 6.01. The molecule has 6 heteroatoms. The van der Waals surface area contributed by atoms with Gasteiger partial charge in [0.2, 0.25) is 0 Å². The van der Waals surface area contributed by atoms with Crippen LogP contribution in [0, 0.1) is 0 Å². The summed E-state index contributed by atoms with van der Waals surface area (Å²) in [6, 6.07) is 14.4. The lowest BCUT2D eigenvalue weighted by molar-refractivity contribution is 0.225. The van der Waals surface area contributed by atoms with Crippen LogP contribution in [0.15, 0.2) is 48.7 Å². The molecule has 2 heterocycles. The smallest absolute Gasteiger partial charge is 0.120 e. The van der Waals surface area contributed by atoms with Crippen LogP contribution in [0.25, 0.3) is 10.9 Å². The van der Waals surface area contributed by atoms with Gasteiger partial charge in [-0.2, -0.15) is 0 Å². The van der Waals surface area contributed by atoms with E-state index >= 15 is 0 Å². The molecule has 0 bridgehead atoms. The summed E-state index contributed by atoms with van der Waals surface area (Å²) in [5, 5.41) is 2.01. The van der Waals surface area contributed by atoms with Gasteiger partial charge in [-0.3, -0.25) is 4.90 Å². The minimum Gasteiger partial charge on any atom is -0.494 e. The number of fused-ring (bicyclic) bond motifs is 1. The fourth-order valence-corrected chi connectivity index (χ4v) is 4.17. The van der Waals surface area contributed by atoms with E-state index in [0.29, 0.717) is 6.54 Å². The molecule has 1 saturated heterocycles. The summed E-state index contributed by atoms with van der Waals surface area (Å²) in [7, 11) is 0. The molecule has 0 amide bonds. The first-order chi connectivity index (χ1) is 14.2. The number of halogens is 1. The van der Waals surface area contributed by atoms with E-state index in [-0.39, 0.29) is 0 Å². The van der Waals surface area contributed by atoms with Gasteiger partial charge in [0.15, 0.2) is 0 Å². The number of H-pyrrole nitrogens is 1. The number of nitrogens with one attached hydrogen (secondary N) is 1. The number of hydrogen-bond acceptors (Lipinski definition) is 4. The fourth-order valence-electron chi connectivity index (χ4n) is 3.99. The Morgan fingerprint density at radius 2 is 1.93 bits per heavy atom. The summed E-state index contributed by atoms with van der Waals surface area (Å²) in [4.78, 5) is 8.22. The first-order valence-corrected chi connectivity index (χ1v) is 10.8. The Morgan fingerprint density at radius 3 is 2.72 bits per heavy atom.